The van der Waals surface area contributed by atoms with E-state index < -0.39 is 15.9 Å². The third-order valence-electron chi connectivity index (χ3n) is 4.55. The van der Waals surface area contributed by atoms with Crippen molar-refractivity contribution < 1.29 is 13.2 Å². The van der Waals surface area contributed by atoms with Crippen molar-refractivity contribution in [2.24, 2.45) is 0 Å². The van der Waals surface area contributed by atoms with Gasteiger partial charge in [-0.15, -0.1) is 0 Å². The lowest BCUT2D eigenvalue weighted by atomic mass is 10.2. The number of likely N-dealkylation sites (N-methyl/N-ethyl adjacent to an activating group) is 1. The highest BCUT2D eigenvalue weighted by Crippen LogP contribution is 2.16. The van der Waals surface area contributed by atoms with Gasteiger partial charge in [0, 0.05) is 13.6 Å². The normalized spacial score (nSPS) is 11.5. The summed E-state index contributed by atoms with van der Waals surface area (Å²) in [6, 6.07) is 15.2. The first-order valence-corrected chi connectivity index (χ1v) is 10.5. The largest absolute Gasteiger partial charge is 0.348 e. The number of nitriles is 1. The van der Waals surface area contributed by atoms with Crippen LogP contribution in [0, 0.1) is 11.3 Å². The fourth-order valence-corrected chi connectivity index (χ4v) is 4.14. The average molecular weight is 411 g/mol. The van der Waals surface area contributed by atoms with Crippen molar-refractivity contribution in [3.05, 3.63) is 59.9 Å². The van der Waals surface area contributed by atoms with Crippen LogP contribution in [0.3, 0.4) is 0 Å². The number of hydrogen-bond donors (Lipinski definition) is 1. The Bertz CT molecular complexity index is 1180. The molecular formula is C20H21N5O3S. The van der Waals surface area contributed by atoms with Crippen molar-refractivity contribution in [3.8, 4) is 6.07 Å². The first-order chi connectivity index (χ1) is 13.9. The maximum Gasteiger partial charge on any atom is 0.243 e. The topological polar surface area (TPSA) is 108 Å². The highest BCUT2D eigenvalue weighted by molar-refractivity contribution is 7.89. The van der Waals surface area contributed by atoms with E-state index in [2.05, 4.69) is 10.3 Å². The molecule has 0 saturated carbocycles. The van der Waals surface area contributed by atoms with Crippen molar-refractivity contribution in [1.82, 2.24) is 19.2 Å². The molecule has 8 nitrogen and oxygen atoms in total. The Morgan fingerprint density at radius 3 is 2.55 bits per heavy atom. The number of aromatic nitrogens is 2. The second-order valence-electron chi connectivity index (χ2n) is 6.43. The molecule has 3 rings (SSSR count). The van der Waals surface area contributed by atoms with Crippen LogP contribution < -0.4 is 5.32 Å². The summed E-state index contributed by atoms with van der Waals surface area (Å²) in [6.45, 7) is 2.58. The molecule has 0 aliphatic carbocycles. The molecule has 0 saturated heterocycles. The Morgan fingerprint density at radius 1 is 1.21 bits per heavy atom. The smallest absolute Gasteiger partial charge is 0.243 e. The number of aryl methyl sites for hydroxylation is 1. The van der Waals surface area contributed by atoms with Crippen molar-refractivity contribution in [3.63, 3.8) is 0 Å². The van der Waals surface area contributed by atoms with Crippen LogP contribution in [0.1, 0.15) is 18.3 Å². The lowest BCUT2D eigenvalue weighted by Crippen LogP contribution is -2.38. The number of nitrogens with one attached hydrogen (secondary N) is 1. The van der Waals surface area contributed by atoms with E-state index in [-0.39, 0.29) is 18.0 Å². The highest BCUT2D eigenvalue weighted by Gasteiger charge is 2.23. The molecule has 1 aromatic heterocycles. The molecule has 0 unspecified atom stereocenters. The van der Waals surface area contributed by atoms with Crippen LogP contribution in [-0.2, 0) is 27.9 Å². The molecule has 0 aliphatic rings. The summed E-state index contributed by atoms with van der Waals surface area (Å²) in [5.41, 5.74) is 2.20. The van der Waals surface area contributed by atoms with Gasteiger partial charge in [0.15, 0.2) is 0 Å². The van der Waals surface area contributed by atoms with Gasteiger partial charge in [-0.25, -0.2) is 13.4 Å². The van der Waals surface area contributed by atoms with Gasteiger partial charge >= 0.3 is 0 Å². The standard InChI is InChI=1S/C20H21N5O3S/c1-3-25-18-7-5-4-6-17(18)23-19(25)13-22-20(26)14-24(2)29(27,28)16-10-8-15(12-21)9-11-16/h4-11H,3,13-14H2,1-2H3,(H,22,26). The van der Waals surface area contributed by atoms with Crippen LogP contribution in [0.25, 0.3) is 11.0 Å². The average Bonchev–Trinajstić information content (AvgIpc) is 3.09. The molecule has 29 heavy (non-hydrogen) atoms. The second kappa shape index (κ2) is 8.43. The molecule has 0 bridgehead atoms. The summed E-state index contributed by atoms with van der Waals surface area (Å²) in [5.74, 6) is 0.277. The summed E-state index contributed by atoms with van der Waals surface area (Å²) in [5, 5.41) is 11.6. The van der Waals surface area contributed by atoms with Gasteiger partial charge in [-0.1, -0.05) is 12.1 Å². The minimum atomic E-state index is -3.83. The molecule has 2 aromatic carbocycles. The van der Waals surface area contributed by atoms with E-state index in [1.807, 2.05) is 41.8 Å². The van der Waals surface area contributed by atoms with Crippen molar-refractivity contribution in [2.75, 3.05) is 13.6 Å². The number of carbonyl (C=O) groups is 1. The fraction of sp³-hybridized carbons (Fsp3) is 0.250. The SMILES string of the molecule is CCn1c(CNC(=O)CN(C)S(=O)(=O)c2ccc(C#N)cc2)nc2ccccc21. The van der Waals surface area contributed by atoms with E-state index in [9.17, 15) is 13.2 Å². The minimum absolute atomic E-state index is 0.0274. The van der Waals surface area contributed by atoms with Crippen LogP contribution in [0.2, 0.25) is 0 Å². The van der Waals surface area contributed by atoms with Crippen LogP contribution in [0.4, 0.5) is 0 Å². The Balaban J connectivity index is 1.66. The Hall–Kier alpha value is -3.22. The molecule has 0 spiro atoms. The number of imidazole rings is 1. The summed E-state index contributed by atoms with van der Waals surface area (Å²) in [6.07, 6.45) is 0. The highest BCUT2D eigenvalue weighted by atomic mass is 32.2. The van der Waals surface area contributed by atoms with Crippen LogP contribution in [0.5, 0.6) is 0 Å². The van der Waals surface area contributed by atoms with Gasteiger partial charge in [-0.2, -0.15) is 9.57 Å². The number of fused-ring (bicyclic) bond motifs is 1. The zero-order valence-corrected chi connectivity index (χ0v) is 17.0. The predicted molar refractivity (Wildman–Crippen MR) is 108 cm³/mol. The Kier molecular flexibility index (Phi) is 5.96. The van der Waals surface area contributed by atoms with Crippen LogP contribution in [-0.4, -0.2) is 41.8 Å². The van der Waals surface area contributed by atoms with Gasteiger partial charge in [0.25, 0.3) is 0 Å². The molecule has 0 fully saturated rings. The Morgan fingerprint density at radius 2 is 1.90 bits per heavy atom. The fourth-order valence-electron chi connectivity index (χ4n) is 3.02. The van der Waals surface area contributed by atoms with E-state index in [1.165, 1.54) is 31.3 Å². The maximum atomic E-state index is 12.6. The molecule has 9 heteroatoms. The number of para-hydroxylation sites is 2. The lowest BCUT2D eigenvalue weighted by Gasteiger charge is -2.17. The summed E-state index contributed by atoms with van der Waals surface area (Å²) < 4.78 is 28.2. The van der Waals surface area contributed by atoms with E-state index in [4.69, 9.17) is 5.26 Å². The molecule has 1 heterocycles. The monoisotopic (exact) mass is 411 g/mol. The van der Waals surface area contributed by atoms with Crippen LogP contribution >= 0.6 is 0 Å². The maximum absolute atomic E-state index is 12.6. The summed E-state index contributed by atoms with van der Waals surface area (Å²) in [7, 11) is -2.49. The third kappa shape index (κ3) is 4.29. The molecule has 1 amide bonds. The summed E-state index contributed by atoms with van der Waals surface area (Å²) >= 11 is 0. The molecule has 0 atom stereocenters. The number of sulfonamides is 1. The van der Waals surface area contributed by atoms with Crippen molar-refractivity contribution in [2.45, 2.75) is 24.9 Å². The quantitative estimate of drug-likeness (QED) is 0.638. The molecule has 150 valence electrons. The van der Waals surface area contributed by atoms with E-state index >= 15 is 0 Å². The number of benzene rings is 2. The van der Waals surface area contributed by atoms with Gasteiger partial charge in [-0.3, -0.25) is 4.79 Å². The van der Waals surface area contributed by atoms with Crippen molar-refractivity contribution >= 4 is 27.0 Å². The van der Waals surface area contributed by atoms with E-state index in [1.54, 1.807) is 0 Å². The van der Waals surface area contributed by atoms with Gasteiger partial charge in [0.2, 0.25) is 15.9 Å². The zero-order valence-electron chi connectivity index (χ0n) is 16.2. The lowest BCUT2D eigenvalue weighted by molar-refractivity contribution is -0.121. The first kappa shape index (κ1) is 20.5. The zero-order chi connectivity index (χ0) is 21.0. The molecular weight excluding hydrogens is 390 g/mol. The number of rotatable bonds is 7. The minimum Gasteiger partial charge on any atom is -0.348 e. The van der Waals surface area contributed by atoms with Crippen LogP contribution in [0.15, 0.2) is 53.4 Å². The van der Waals surface area contributed by atoms with Crippen molar-refractivity contribution in [1.29, 1.82) is 5.26 Å². The molecule has 3 aromatic rings. The predicted octanol–water partition coefficient (Wildman–Crippen LogP) is 1.86. The number of hydrogen-bond acceptors (Lipinski definition) is 5. The van der Waals surface area contributed by atoms with E-state index in [0.717, 1.165) is 15.3 Å². The van der Waals surface area contributed by atoms with Gasteiger partial charge in [0.05, 0.1) is 40.7 Å². The third-order valence-corrected chi connectivity index (χ3v) is 6.37. The van der Waals surface area contributed by atoms with Gasteiger partial charge in [0.1, 0.15) is 5.82 Å². The van der Waals surface area contributed by atoms with Gasteiger partial charge in [-0.05, 0) is 43.3 Å². The molecule has 0 aliphatic heterocycles. The molecule has 0 radical (unpaired) electrons. The van der Waals surface area contributed by atoms with Gasteiger partial charge < -0.3 is 9.88 Å². The number of carbonyl (C=O) groups excluding carboxylic acids is 1. The Labute approximate surface area is 169 Å². The number of nitrogens with zero attached hydrogens (tertiary/aromatic N) is 4. The second-order valence-corrected chi connectivity index (χ2v) is 8.48. The summed E-state index contributed by atoms with van der Waals surface area (Å²) in [4.78, 5) is 16.9. The first-order valence-electron chi connectivity index (χ1n) is 9.04. The molecule has 1 N–H and O–H groups in total. The van der Waals surface area contributed by atoms with E-state index in [0.29, 0.717) is 17.9 Å². The number of amides is 1.